The fourth-order valence-corrected chi connectivity index (χ4v) is 3.75. The van der Waals surface area contributed by atoms with Crippen LogP contribution >= 0.6 is 11.8 Å². The number of carboxylic acid groups (broad SMARTS) is 1. The van der Waals surface area contributed by atoms with Crippen molar-refractivity contribution in [1.29, 1.82) is 0 Å². The average molecular weight is 447 g/mol. The molecule has 0 saturated carbocycles. The Kier molecular flexibility index (Phi) is 13.5. The minimum Gasteiger partial charge on any atom is -0.480 e. The van der Waals surface area contributed by atoms with Crippen molar-refractivity contribution in [3.63, 3.8) is 0 Å². The smallest absolute Gasteiger partial charge is 0.327 e. The molecule has 0 spiro atoms. The van der Waals surface area contributed by atoms with E-state index in [2.05, 4.69) is 69.2 Å². The van der Waals surface area contributed by atoms with Crippen LogP contribution in [0.15, 0.2) is 63.5 Å². The van der Waals surface area contributed by atoms with Gasteiger partial charge in [-0.1, -0.05) is 46.6 Å². The third kappa shape index (κ3) is 13.7. The van der Waals surface area contributed by atoms with Gasteiger partial charge in [-0.15, -0.1) is 0 Å². The number of nitrogens with one attached hydrogen (secondary N) is 1. The Bertz CT molecular complexity index is 769. The number of aliphatic carboxylic acids is 1. The molecule has 0 amide bonds. The number of carboxylic acids is 1. The lowest BCUT2D eigenvalue weighted by molar-refractivity contribution is -0.137. The standard InChI is InChI=1S/C25H38N2O3S/c1-19(2)8-6-9-21(5)10-7-11-22(13-12-20(3)4)14-17-31-18-23(24(28)29)27-25-26-15-16-30-25/h8,10,12,14-16,23H,6-7,9,11,13,17-18H2,1-5H3,(H,26,27)(H,28,29)/b21-10+,22-14-. The first-order valence-electron chi connectivity index (χ1n) is 10.8. The van der Waals surface area contributed by atoms with E-state index in [1.807, 2.05) is 0 Å². The van der Waals surface area contributed by atoms with Gasteiger partial charge in [0.25, 0.3) is 6.01 Å². The molecule has 1 aromatic rings. The third-order valence-corrected chi connectivity index (χ3v) is 5.60. The highest BCUT2D eigenvalue weighted by molar-refractivity contribution is 7.99. The van der Waals surface area contributed by atoms with Crippen LogP contribution in [0.4, 0.5) is 6.01 Å². The fraction of sp³-hybridized carbons (Fsp3) is 0.520. The predicted molar refractivity (Wildman–Crippen MR) is 133 cm³/mol. The second-order valence-corrected chi connectivity index (χ2v) is 9.24. The van der Waals surface area contributed by atoms with Gasteiger partial charge in [0.2, 0.25) is 0 Å². The van der Waals surface area contributed by atoms with Gasteiger partial charge in [0.1, 0.15) is 12.3 Å². The summed E-state index contributed by atoms with van der Waals surface area (Å²) >= 11 is 1.60. The molecule has 0 fully saturated rings. The number of hydrogen-bond donors (Lipinski definition) is 2. The first-order chi connectivity index (χ1) is 14.8. The van der Waals surface area contributed by atoms with E-state index in [1.54, 1.807) is 11.8 Å². The molecule has 2 N–H and O–H groups in total. The summed E-state index contributed by atoms with van der Waals surface area (Å²) in [5.74, 6) is 0.313. The van der Waals surface area contributed by atoms with Gasteiger partial charge < -0.3 is 14.8 Å². The molecule has 0 aliphatic heterocycles. The van der Waals surface area contributed by atoms with Crippen molar-refractivity contribution in [2.24, 2.45) is 0 Å². The number of aromatic nitrogens is 1. The van der Waals surface area contributed by atoms with Crippen LogP contribution in [0.3, 0.4) is 0 Å². The molecular weight excluding hydrogens is 408 g/mol. The van der Waals surface area contributed by atoms with Crippen LogP contribution in [-0.4, -0.2) is 33.6 Å². The van der Waals surface area contributed by atoms with Crippen LogP contribution in [-0.2, 0) is 4.79 Å². The molecule has 5 nitrogen and oxygen atoms in total. The van der Waals surface area contributed by atoms with Crippen molar-refractivity contribution in [3.8, 4) is 0 Å². The number of oxazole rings is 1. The van der Waals surface area contributed by atoms with E-state index < -0.39 is 12.0 Å². The molecule has 1 rings (SSSR count). The zero-order valence-corrected chi connectivity index (χ0v) is 20.4. The van der Waals surface area contributed by atoms with Crippen LogP contribution in [0.1, 0.15) is 66.7 Å². The zero-order chi connectivity index (χ0) is 23.1. The lowest BCUT2D eigenvalue weighted by Gasteiger charge is -2.12. The van der Waals surface area contributed by atoms with Gasteiger partial charge in [-0.25, -0.2) is 9.78 Å². The average Bonchev–Trinajstić information content (AvgIpc) is 3.20. The summed E-state index contributed by atoms with van der Waals surface area (Å²) in [5.41, 5.74) is 5.52. The highest BCUT2D eigenvalue weighted by Crippen LogP contribution is 2.18. The fourth-order valence-electron chi connectivity index (χ4n) is 2.80. The van der Waals surface area contributed by atoms with Crippen LogP contribution in [0.5, 0.6) is 0 Å². The molecule has 1 unspecified atom stereocenters. The summed E-state index contributed by atoms with van der Waals surface area (Å²) in [7, 11) is 0. The van der Waals surface area contributed by atoms with E-state index in [9.17, 15) is 9.90 Å². The van der Waals surface area contributed by atoms with E-state index in [4.69, 9.17) is 4.42 Å². The van der Waals surface area contributed by atoms with Crippen molar-refractivity contribution in [3.05, 3.63) is 59.1 Å². The maximum absolute atomic E-state index is 11.5. The van der Waals surface area contributed by atoms with Crippen molar-refractivity contribution < 1.29 is 14.3 Å². The summed E-state index contributed by atoms with van der Waals surface area (Å²) in [6.45, 7) is 10.7. The normalized spacial score (nSPS) is 12.9. The monoisotopic (exact) mass is 446 g/mol. The summed E-state index contributed by atoms with van der Waals surface area (Å²) in [5, 5.41) is 12.2. The van der Waals surface area contributed by atoms with Crippen molar-refractivity contribution in [2.75, 3.05) is 16.8 Å². The molecule has 0 saturated heterocycles. The second kappa shape index (κ2) is 15.6. The number of carbonyl (C=O) groups is 1. The zero-order valence-electron chi connectivity index (χ0n) is 19.6. The minimum absolute atomic E-state index is 0.236. The highest BCUT2D eigenvalue weighted by atomic mass is 32.2. The number of rotatable bonds is 15. The molecule has 0 bridgehead atoms. The molecule has 0 aliphatic rings. The SMILES string of the molecule is CC(C)=CCC/C(C)=C/CC/C(=C/CSCC(Nc1ncco1)C(=O)O)CC=C(C)C. The van der Waals surface area contributed by atoms with Gasteiger partial charge in [-0.2, -0.15) is 11.8 Å². The van der Waals surface area contributed by atoms with Gasteiger partial charge in [-0.05, 0) is 66.7 Å². The summed E-state index contributed by atoms with van der Waals surface area (Å²) in [6.07, 6.45) is 17.3. The van der Waals surface area contributed by atoms with E-state index in [0.717, 1.165) is 37.9 Å². The minimum atomic E-state index is -0.909. The van der Waals surface area contributed by atoms with Gasteiger partial charge in [-0.3, -0.25) is 0 Å². The number of hydrogen-bond acceptors (Lipinski definition) is 5. The summed E-state index contributed by atoms with van der Waals surface area (Å²) in [4.78, 5) is 15.4. The number of anilines is 1. The van der Waals surface area contributed by atoms with E-state index in [-0.39, 0.29) is 6.01 Å². The Morgan fingerprint density at radius 3 is 2.42 bits per heavy atom. The van der Waals surface area contributed by atoms with Crippen molar-refractivity contribution in [2.45, 2.75) is 72.8 Å². The van der Waals surface area contributed by atoms with Crippen molar-refractivity contribution in [1.82, 2.24) is 4.98 Å². The predicted octanol–water partition coefficient (Wildman–Crippen LogP) is 7.03. The summed E-state index contributed by atoms with van der Waals surface area (Å²) < 4.78 is 5.09. The second-order valence-electron chi connectivity index (χ2n) is 8.17. The van der Waals surface area contributed by atoms with Crippen molar-refractivity contribution >= 4 is 23.7 Å². The topological polar surface area (TPSA) is 75.4 Å². The van der Waals surface area contributed by atoms with E-state index >= 15 is 0 Å². The Hall–Kier alpha value is -2.21. The molecule has 0 radical (unpaired) electrons. The molecule has 31 heavy (non-hydrogen) atoms. The molecule has 1 heterocycles. The first-order valence-corrected chi connectivity index (χ1v) is 12.0. The van der Waals surface area contributed by atoms with Gasteiger partial charge in [0.15, 0.2) is 0 Å². The maximum atomic E-state index is 11.5. The Labute approximate surface area is 191 Å². The first kappa shape index (κ1) is 26.8. The van der Waals surface area contributed by atoms with Crippen LogP contribution in [0.25, 0.3) is 0 Å². The van der Waals surface area contributed by atoms with Gasteiger partial charge >= 0.3 is 5.97 Å². The number of thioether (sulfide) groups is 1. The molecule has 1 aromatic heterocycles. The van der Waals surface area contributed by atoms with Crippen LogP contribution in [0, 0.1) is 0 Å². The van der Waals surface area contributed by atoms with E-state index in [1.165, 1.54) is 34.8 Å². The summed E-state index contributed by atoms with van der Waals surface area (Å²) in [6, 6.07) is -0.496. The molecule has 0 aliphatic carbocycles. The highest BCUT2D eigenvalue weighted by Gasteiger charge is 2.18. The number of allylic oxidation sites excluding steroid dienone is 7. The Balaban J connectivity index is 2.55. The number of nitrogens with zero attached hydrogens (tertiary/aromatic N) is 1. The van der Waals surface area contributed by atoms with Crippen LogP contribution in [0.2, 0.25) is 0 Å². The largest absolute Gasteiger partial charge is 0.480 e. The quantitative estimate of drug-likeness (QED) is 0.222. The van der Waals surface area contributed by atoms with E-state index in [0.29, 0.717) is 5.75 Å². The molecular formula is C25H38N2O3S. The molecule has 0 aromatic carbocycles. The Morgan fingerprint density at radius 2 is 1.81 bits per heavy atom. The molecule has 6 heteroatoms. The van der Waals surface area contributed by atoms with Gasteiger partial charge in [0, 0.05) is 11.5 Å². The lowest BCUT2D eigenvalue weighted by atomic mass is 10.0. The molecule has 1 atom stereocenters. The third-order valence-electron chi connectivity index (χ3n) is 4.62. The maximum Gasteiger partial charge on any atom is 0.327 e. The molecule has 172 valence electrons. The Morgan fingerprint density at radius 1 is 1.10 bits per heavy atom. The lowest BCUT2D eigenvalue weighted by Crippen LogP contribution is -2.31. The van der Waals surface area contributed by atoms with Crippen LogP contribution < -0.4 is 5.32 Å². The van der Waals surface area contributed by atoms with Gasteiger partial charge in [0.05, 0.1) is 6.20 Å².